The first-order chi connectivity index (χ1) is 15.0. The standard InChI is InChI=1S/C22H24BrN5O4/c1-5-14(27-21(31)32-22(2,3)4)10-28-17(23)15(16-18(24)25-11-26-19(16)28)12-6-8-13(9-7-12)20(29)30/h5-9,11,14H,1,10H2,2-4H3,(H,27,31)(H,29,30)(H2,24,25,26). The highest BCUT2D eigenvalue weighted by Crippen LogP contribution is 2.39. The fourth-order valence-electron chi connectivity index (χ4n) is 3.21. The van der Waals surface area contributed by atoms with Gasteiger partial charge >= 0.3 is 12.1 Å². The Balaban J connectivity index is 2.04. The van der Waals surface area contributed by atoms with E-state index < -0.39 is 23.7 Å². The average Bonchev–Trinajstić information content (AvgIpc) is 2.99. The Kier molecular flexibility index (Phi) is 6.54. The lowest BCUT2D eigenvalue weighted by atomic mass is 10.0. The maximum atomic E-state index is 12.2. The highest BCUT2D eigenvalue weighted by atomic mass is 79.9. The number of carbonyl (C=O) groups excluding carboxylic acids is 1. The molecule has 0 aliphatic heterocycles. The van der Waals surface area contributed by atoms with Crippen LogP contribution in [0.4, 0.5) is 10.6 Å². The van der Waals surface area contributed by atoms with Gasteiger partial charge in [0.1, 0.15) is 23.4 Å². The van der Waals surface area contributed by atoms with Gasteiger partial charge in [-0.15, -0.1) is 6.58 Å². The van der Waals surface area contributed by atoms with E-state index >= 15 is 0 Å². The molecule has 0 aliphatic rings. The van der Waals surface area contributed by atoms with Crippen LogP contribution in [-0.4, -0.2) is 43.3 Å². The molecule has 1 aromatic carbocycles. The van der Waals surface area contributed by atoms with Crippen LogP contribution in [0.1, 0.15) is 31.1 Å². The van der Waals surface area contributed by atoms with Crippen molar-refractivity contribution in [2.45, 2.75) is 39.0 Å². The van der Waals surface area contributed by atoms with Crippen LogP contribution >= 0.6 is 15.9 Å². The van der Waals surface area contributed by atoms with Gasteiger partial charge in [-0.05, 0) is 54.4 Å². The number of rotatable bonds is 6. The summed E-state index contributed by atoms with van der Waals surface area (Å²) in [6.45, 7) is 9.46. The molecule has 2 heterocycles. The number of carboxylic acids is 1. The van der Waals surface area contributed by atoms with Gasteiger partial charge in [-0.1, -0.05) is 18.2 Å². The second-order valence-corrected chi connectivity index (χ2v) is 8.86. The second kappa shape index (κ2) is 8.99. The molecule has 32 heavy (non-hydrogen) atoms. The van der Waals surface area contributed by atoms with Crippen LogP contribution in [0.15, 0.2) is 47.9 Å². The molecule has 168 valence electrons. The number of benzene rings is 1. The van der Waals surface area contributed by atoms with Crippen molar-refractivity contribution in [1.29, 1.82) is 0 Å². The molecule has 0 saturated heterocycles. The molecule has 0 fully saturated rings. The number of nitrogens with two attached hydrogens (primary N) is 1. The second-order valence-electron chi connectivity index (χ2n) is 8.10. The van der Waals surface area contributed by atoms with Crippen molar-refractivity contribution in [1.82, 2.24) is 19.9 Å². The Morgan fingerprint density at radius 3 is 2.53 bits per heavy atom. The van der Waals surface area contributed by atoms with Crippen LogP contribution in [0.25, 0.3) is 22.2 Å². The molecular weight excluding hydrogens is 478 g/mol. The summed E-state index contributed by atoms with van der Waals surface area (Å²) in [5.74, 6) is -0.732. The molecule has 4 N–H and O–H groups in total. The summed E-state index contributed by atoms with van der Waals surface area (Å²) in [6, 6.07) is 5.97. The van der Waals surface area contributed by atoms with E-state index in [1.807, 2.05) is 4.57 Å². The minimum atomic E-state index is -1.01. The van der Waals surface area contributed by atoms with Crippen molar-refractivity contribution in [3.63, 3.8) is 0 Å². The number of nitrogen functional groups attached to an aromatic ring is 1. The number of anilines is 1. The molecule has 1 unspecified atom stereocenters. The molecule has 3 aromatic rings. The third-order valence-corrected chi connectivity index (χ3v) is 5.42. The third kappa shape index (κ3) is 4.91. The van der Waals surface area contributed by atoms with E-state index in [4.69, 9.17) is 10.5 Å². The van der Waals surface area contributed by atoms with Gasteiger partial charge in [-0.25, -0.2) is 19.6 Å². The van der Waals surface area contributed by atoms with Gasteiger partial charge in [-0.2, -0.15) is 0 Å². The van der Waals surface area contributed by atoms with Crippen molar-refractivity contribution in [3.05, 3.63) is 53.4 Å². The first-order valence-corrected chi connectivity index (χ1v) is 10.5. The highest BCUT2D eigenvalue weighted by molar-refractivity contribution is 9.10. The SMILES string of the molecule is C=CC(Cn1c(Br)c(-c2ccc(C(=O)O)cc2)c2c(N)ncnc21)NC(=O)OC(C)(C)C. The summed E-state index contributed by atoms with van der Waals surface area (Å²) >= 11 is 3.63. The molecule has 0 spiro atoms. The Hall–Kier alpha value is -3.40. The molecular formula is C22H24BrN5O4. The van der Waals surface area contributed by atoms with E-state index in [-0.39, 0.29) is 11.4 Å². The lowest BCUT2D eigenvalue weighted by molar-refractivity contribution is 0.0510. The summed E-state index contributed by atoms with van der Waals surface area (Å²) in [4.78, 5) is 31.9. The molecule has 0 bridgehead atoms. The Labute approximate surface area is 193 Å². The predicted molar refractivity (Wildman–Crippen MR) is 125 cm³/mol. The van der Waals surface area contributed by atoms with Crippen molar-refractivity contribution in [2.24, 2.45) is 0 Å². The number of hydrogen-bond donors (Lipinski definition) is 3. The fourth-order valence-corrected chi connectivity index (χ4v) is 3.95. The first kappa shape index (κ1) is 23.3. The number of amides is 1. The Morgan fingerprint density at radius 2 is 1.97 bits per heavy atom. The van der Waals surface area contributed by atoms with Gasteiger partial charge in [0.05, 0.1) is 21.6 Å². The van der Waals surface area contributed by atoms with Gasteiger partial charge in [0.15, 0.2) is 0 Å². The number of aromatic carboxylic acids is 1. The lowest BCUT2D eigenvalue weighted by Crippen LogP contribution is -2.40. The summed E-state index contributed by atoms with van der Waals surface area (Å²) in [7, 11) is 0. The van der Waals surface area contributed by atoms with E-state index in [9.17, 15) is 14.7 Å². The van der Waals surface area contributed by atoms with E-state index in [1.54, 1.807) is 39.0 Å². The van der Waals surface area contributed by atoms with Gasteiger partial charge in [0, 0.05) is 12.1 Å². The fraction of sp³-hybridized carbons (Fsp3) is 0.273. The molecule has 1 amide bonds. The van der Waals surface area contributed by atoms with Crippen LogP contribution in [-0.2, 0) is 11.3 Å². The molecule has 0 saturated carbocycles. The monoisotopic (exact) mass is 501 g/mol. The first-order valence-electron chi connectivity index (χ1n) is 9.75. The smallest absolute Gasteiger partial charge is 0.408 e. The van der Waals surface area contributed by atoms with Crippen molar-refractivity contribution in [2.75, 3.05) is 5.73 Å². The number of ether oxygens (including phenoxy) is 1. The number of fused-ring (bicyclic) bond motifs is 1. The molecule has 1 atom stereocenters. The number of aromatic nitrogens is 3. The lowest BCUT2D eigenvalue weighted by Gasteiger charge is -2.22. The molecule has 2 aromatic heterocycles. The van der Waals surface area contributed by atoms with E-state index in [2.05, 4.69) is 37.8 Å². The molecule has 0 aliphatic carbocycles. The summed E-state index contributed by atoms with van der Waals surface area (Å²) in [6.07, 6.45) is 2.41. The van der Waals surface area contributed by atoms with Crippen LogP contribution < -0.4 is 11.1 Å². The van der Waals surface area contributed by atoms with Crippen LogP contribution in [0.3, 0.4) is 0 Å². The van der Waals surface area contributed by atoms with E-state index in [0.29, 0.717) is 22.2 Å². The maximum Gasteiger partial charge on any atom is 0.408 e. The van der Waals surface area contributed by atoms with Gasteiger partial charge in [0.2, 0.25) is 0 Å². The summed E-state index contributed by atoms with van der Waals surface area (Å²) in [5.41, 5.74) is 7.73. The normalized spacial score (nSPS) is 12.4. The zero-order chi connectivity index (χ0) is 23.6. The average molecular weight is 502 g/mol. The topological polar surface area (TPSA) is 132 Å². The summed E-state index contributed by atoms with van der Waals surface area (Å²) in [5, 5.41) is 12.6. The van der Waals surface area contributed by atoms with Crippen molar-refractivity contribution < 1.29 is 19.4 Å². The molecule has 3 rings (SSSR count). The number of carboxylic acid groups (broad SMARTS) is 1. The molecule has 10 heteroatoms. The van der Waals surface area contributed by atoms with Crippen LogP contribution in [0.5, 0.6) is 0 Å². The number of hydrogen-bond acceptors (Lipinski definition) is 6. The minimum absolute atomic E-state index is 0.172. The maximum absolute atomic E-state index is 12.2. The highest BCUT2D eigenvalue weighted by Gasteiger charge is 2.24. The number of nitrogens with one attached hydrogen (secondary N) is 1. The Bertz CT molecular complexity index is 1180. The quantitative estimate of drug-likeness (QED) is 0.430. The number of nitrogens with zero attached hydrogens (tertiary/aromatic N) is 3. The zero-order valence-electron chi connectivity index (χ0n) is 17.9. The predicted octanol–water partition coefficient (Wildman–Crippen LogP) is 4.22. The van der Waals surface area contributed by atoms with Gasteiger partial charge in [0.25, 0.3) is 0 Å². The molecule has 0 radical (unpaired) electrons. The summed E-state index contributed by atoms with van der Waals surface area (Å²) < 4.78 is 7.84. The van der Waals surface area contributed by atoms with E-state index in [0.717, 1.165) is 11.1 Å². The largest absolute Gasteiger partial charge is 0.478 e. The number of alkyl carbamates (subject to hydrolysis) is 1. The Morgan fingerprint density at radius 1 is 1.31 bits per heavy atom. The zero-order valence-corrected chi connectivity index (χ0v) is 19.5. The van der Waals surface area contributed by atoms with Crippen LogP contribution in [0.2, 0.25) is 0 Å². The minimum Gasteiger partial charge on any atom is -0.478 e. The van der Waals surface area contributed by atoms with Crippen LogP contribution in [0, 0.1) is 0 Å². The van der Waals surface area contributed by atoms with Gasteiger partial charge < -0.3 is 25.5 Å². The third-order valence-electron chi connectivity index (χ3n) is 4.59. The number of halogens is 1. The van der Waals surface area contributed by atoms with Crippen molar-refractivity contribution in [3.8, 4) is 11.1 Å². The number of carbonyl (C=O) groups is 2. The van der Waals surface area contributed by atoms with Gasteiger partial charge in [-0.3, -0.25) is 0 Å². The van der Waals surface area contributed by atoms with E-state index in [1.165, 1.54) is 18.5 Å². The molecule has 9 nitrogen and oxygen atoms in total. The van der Waals surface area contributed by atoms with Crippen molar-refractivity contribution >= 4 is 44.8 Å².